The number of aromatic nitrogens is 3. The van der Waals surface area contributed by atoms with Gasteiger partial charge < -0.3 is 15.0 Å². The summed E-state index contributed by atoms with van der Waals surface area (Å²) in [5, 5.41) is 17.1. The Labute approximate surface area is 125 Å². The van der Waals surface area contributed by atoms with Gasteiger partial charge >= 0.3 is 0 Å². The van der Waals surface area contributed by atoms with E-state index in [1.807, 2.05) is 0 Å². The van der Waals surface area contributed by atoms with Crippen LogP contribution in [0, 0.1) is 0 Å². The number of nitrogens with one attached hydrogen (secondary N) is 1. The van der Waals surface area contributed by atoms with Gasteiger partial charge in [-0.2, -0.15) is 5.10 Å². The van der Waals surface area contributed by atoms with Crippen molar-refractivity contribution in [2.75, 3.05) is 6.54 Å². The molecule has 20 heavy (non-hydrogen) atoms. The van der Waals surface area contributed by atoms with Crippen molar-refractivity contribution in [1.82, 2.24) is 19.7 Å². The zero-order chi connectivity index (χ0) is 14.9. The lowest BCUT2D eigenvalue weighted by Crippen LogP contribution is -2.39. The number of carbonyl (C=O) groups is 1. The van der Waals surface area contributed by atoms with Crippen LogP contribution in [0.25, 0.3) is 0 Å². The van der Waals surface area contributed by atoms with E-state index in [0.29, 0.717) is 11.3 Å². The molecule has 6 nitrogen and oxygen atoms in total. The SMILES string of the molecule is Cn1cc([C@@](C)(O)CNC(=O)c2cc(Br)cn2C)cn1. The van der Waals surface area contributed by atoms with Crippen molar-refractivity contribution in [2.24, 2.45) is 14.1 Å². The van der Waals surface area contributed by atoms with E-state index in [9.17, 15) is 9.90 Å². The molecule has 1 amide bonds. The highest BCUT2D eigenvalue weighted by Crippen LogP contribution is 2.19. The van der Waals surface area contributed by atoms with E-state index in [0.717, 1.165) is 4.47 Å². The molecular weight excluding hydrogens is 324 g/mol. The highest BCUT2D eigenvalue weighted by Gasteiger charge is 2.26. The minimum absolute atomic E-state index is 0.111. The van der Waals surface area contributed by atoms with E-state index >= 15 is 0 Å². The molecule has 0 unspecified atom stereocenters. The van der Waals surface area contributed by atoms with Crippen molar-refractivity contribution in [3.63, 3.8) is 0 Å². The molecule has 0 aliphatic rings. The largest absolute Gasteiger partial charge is 0.383 e. The minimum atomic E-state index is -1.16. The third kappa shape index (κ3) is 3.10. The van der Waals surface area contributed by atoms with Crippen LogP contribution >= 0.6 is 15.9 Å². The summed E-state index contributed by atoms with van der Waals surface area (Å²) in [6.45, 7) is 1.76. The molecule has 0 fully saturated rings. The molecule has 0 spiro atoms. The molecule has 0 aliphatic heterocycles. The normalized spacial score (nSPS) is 14.1. The number of hydrogen-bond donors (Lipinski definition) is 2. The first-order valence-corrected chi connectivity index (χ1v) is 6.90. The van der Waals surface area contributed by atoms with Gasteiger partial charge in [-0.1, -0.05) is 0 Å². The first-order valence-electron chi connectivity index (χ1n) is 6.11. The lowest BCUT2D eigenvalue weighted by Gasteiger charge is -2.22. The van der Waals surface area contributed by atoms with Gasteiger partial charge in [0.15, 0.2) is 0 Å². The summed E-state index contributed by atoms with van der Waals surface area (Å²) >= 11 is 3.32. The Morgan fingerprint density at radius 2 is 2.20 bits per heavy atom. The van der Waals surface area contributed by atoms with Crippen molar-refractivity contribution in [3.05, 3.63) is 40.4 Å². The van der Waals surface area contributed by atoms with Gasteiger partial charge in [0.25, 0.3) is 5.91 Å². The Bertz CT molecular complexity index is 630. The van der Waals surface area contributed by atoms with E-state index in [1.165, 1.54) is 0 Å². The molecular formula is C13H17BrN4O2. The van der Waals surface area contributed by atoms with Gasteiger partial charge in [0.05, 0.1) is 12.7 Å². The monoisotopic (exact) mass is 340 g/mol. The van der Waals surface area contributed by atoms with E-state index in [4.69, 9.17) is 0 Å². The quantitative estimate of drug-likeness (QED) is 0.877. The van der Waals surface area contributed by atoms with E-state index < -0.39 is 5.60 Å². The van der Waals surface area contributed by atoms with Gasteiger partial charge in [-0.05, 0) is 28.9 Å². The molecule has 0 saturated heterocycles. The summed E-state index contributed by atoms with van der Waals surface area (Å²) in [6, 6.07) is 1.73. The van der Waals surface area contributed by atoms with Crippen LogP contribution in [0.15, 0.2) is 29.1 Å². The molecule has 0 bridgehead atoms. The number of aliphatic hydroxyl groups is 1. The first-order chi connectivity index (χ1) is 9.29. The predicted octanol–water partition coefficient (Wildman–Crippen LogP) is 1.16. The Morgan fingerprint density at radius 3 is 2.70 bits per heavy atom. The second kappa shape index (κ2) is 5.41. The Balaban J connectivity index is 2.04. The van der Waals surface area contributed by atoms with Gasteiger partial charge in [-0.15, -0.1) is 0 Å². The summed E-state index contributed by atoms with van der Waals surface area (Å²) < 4.78 is 4.17. The first kappa shape index (κ1) is 14.8. The topological polar surface area (TPSA) is 72.1 Å². The molecule has 7 heteroatoms. The second-order valence-corrected chi connectivity index (χ2v) is 5.93. The number of aryl methyl sites for hydroxylation is 2. The number of hydrogen-bond acceptors (Lipinski definition) is 3. The average molecular weight is 341 g/mol. The molecule has 0 radical (unpaired) electrons. The summed E-state index contributed by atoms with van der Waals surface area (Å²) in [7, 11) is 3.57. The van der Waals surface area contributed by atoms with E-state index in [1.54, 1.807) is 54.9 Å². The molecule has 0 aromatic carbocycles. The maximum Gasteiger partial charge on any atom is 0.268 e. The highest BCUT2D eigenvalue weighted by molar-refractivity contribution is 9.10. The molecule has 108 valence electrons. The highest BCUT2D eigenvalue weighted by atomic mass is 79.9. The van der Waals surface area contributed by atoms with Crippen LogP contribution in [0.5, 0.6) is 0 Å². The molecule has 2 N–H and O–H groups in total. The van der Waals surface area contributed by atoms with Gasteiger partial charge in [-0.25, -0.2) is 0 Å². The van der Waals surface area contributed by atoms with Crippen LogP contribution in [0.2, 0.25) is 0 Å². The standard InChI is InChI=1S/C13H17BrN4O2/c1-13(20,9-5-16-18(3)6-9)8-15-12(19)11-4-10(14)7-17(11)2/h4-7,20H,8H2,1-3H3,(H,15,19)/t13-/m0/s1. The summed E-state index contributed by atoms with van der Waals surface area (Å²) in [4.78, 5) is 12.1. The second-order valence-electron chi connectivity index (χ2n) is 5.01. The molecule has 0 saturated carbocycles. The Kier molecular flexibility index (Phi) is 4.01. The van der Waals surface area contributed by atoms with Crippen molar-refractivity contribution in [2.45, 2.75) is 12.5 Å². The fourth-order valence-corrected chi connectivity index (χ4v) is 2.42. The minimum Gasteiger partial charge on any atom is -0.383 e. The summed E-state index contributed by atoms with van der Waals surface area (Å²) in [5.41, 5.74) is 0.0268. The third-order valence-electron chi connectivity index (χ3n) is 3.12. The van der Waals surface area contributed by atoms with Crippen molar-refractivity contribution in [3.8, 4) is 0 Å². The van der Waals surface area contributed by atoms with Crippen molar-refractivity contribution in [1.29, 1.82) is 0 Å². The number of carbonyl (C=O) groups excluding carboxylic acids is 1. The van der Waals surface area contributed by atoms with Crippen LogP contribution < -0.4 is 5.32 Å². The molecule has 0 aliphatic carbocycles. The maximum absolute atomic E-state index is 12.1. The van der Waals surface area contributed by atoms with Crippen molar-refractivity contribution < 1.29 is 9.90 Å². The molecule has 2 aromatic rings. The number of nitrogens with zero attached hydrogens (tertiary/aromatic N) is 3. The lowest BCUT2D eigenvalue weighted by molar-refractivity contribution is 0.0523. The van der Waals surface area contributed by atoms with Crippen LogP contribution in [0.1, 0.15) is 23.0 Å². The zero-order valence-electron chi connectivity index (χ0n) is 11.6. The number of halogens is 1. The van der Waals surface area contributed by atoms with E-state index in [-0.39, 0.29) is 12.5 Å². The molecule has 1 atom stereocenters. The van der Waals surface area contributed by atoms with E-state index in [2.05, 4.69) is 26.3 Å². The molecule has 2 heterocycles. The van der Waals surface area contributed by atoms with Crippen LogP contribution in [-0.4, -0.2) is 31.9 Å². The van der Waals surface area contributed by atoms with Gasteiger partial charge in [0.2, 0.25) is 0 Å². The predicted molar refractivity (Wildman–Crippen MR) is 78.2 cm³/mol. The molecule has 2 rings (SSSR count). The number of rotatable bonds is 4. The Hall–Kier alpha value is -1.60. The Morgan fingerprint density at radius 1 is 1.50 bits per heavy atom. The van der Waals surface area contributed by atoms with Crippen LogP contribution in [-0.2, 0) is 19.7 Å². The van der Waals surface area contributed by atoms with Crippen LogP contribution in [0.4, 0.5) is 0 Å². The molecule has 2 aromatic heterocycles. The van der Waals surface area contributed by atoms with Gasteiger partial charge in [0.1, 0.15) is 11.3 Å². The fraction of sp³-hybridized carbons (Fsp3) is 0.385. The smallest absolute Gasteiger partial charge is 0.268 e. The summed E-state index contributed by atoms with van der Waals surface area (Å²) in [5.74, 6) is -0.234. The van der Waals surface area contributed by atoms with Gasteiger partial charge in [0, 0.05) is 36.5 Å². The third-order valence-corrected chi connectivity index (χ3v) is 3.56. The van der Waals surface area contributed by atoms with Crippen molar-refractivity contribution >= 4 is 21.8 Å². The average Bonchev–Trinajstić information content (AvgIpc) is 2.93. The van der Waals surface area contributed by atoms with Crippen LogP contribution in [0.3, 0.4) is 0 Å². The summed E-state index contributed by atoms with van der Waals surface area (Å²) in [6.07, 6.45) is 5.12. The zero-order valence-corrected chi connectivity index (χ0v) is 13.2. The maximum atomic E-state index is 12.1. The lowest BCUT2D eigenvalue weighted by atomic mass is 10.00. The van der Waals surface area contributed by atoms with Gasteiger partial charge in [-0.3, -0.25) is 9.48 Å². The fourth-order valence-electron chi connectivity index (χ4n) is 1.89. The number of amides is 1.